The molecule has 162 valence electrons. The predicted molar refractivity (Wildman–Crippen MR) is 120 cm³/mol. The Morgan fingerprint density at radius 1 is 1.00 bits per heavy atom. The van der Waals surface area contributed by atoms with Crippen molar-refractivity contribution in [2.45, 2.75) is 0 Å². The summed E-state index contributed by atoms with van der Waals surface area (Å²) >= 11 is 3.33. The Labute approximate surface area is 191 Å². The molecular formula is C23H17BrN2O6. The fourth-order valence-electron chi connectivity index (χ4n) is 2.89. The van der Waals surface area contributed by atoms with Crippen LogP contribution in [0, 0.1) is 0 Å². The van der Waals surface area contributed by atoms with Gasteiger partial charge in [-0.15, -0.1) is 0 Å². The Kier molecular flexibility index (Phi) is 6.37. The third-order valence-corrected chi connectivity index (χ3v) is 4.96. The highest BCUT2D eigenvalue weighted by Gasteiger charge is 2.16. The number of amides is 1. The van der Waals surface area contributed by atoms with Gasteiger partial charge >= 0.3 is 5.97 Å². The monoisotopic (exact) mass is 496 g/mol. The van der Waals surface area contributed by atoms with Crippen molar-refractivity contribution in [3.63, 3.8) is 0 Å². The SMILES string of the molecule is COc1cc(/C=N/NC(=O)c2ccc3c(c2)OCO3)ccc1OC(=O)c1cccc(Br)c1. The number of hydrazone groups is 1. The van der Waals surface area contributed by atoms with Gasteiger partial charge in [0.1, 0.15) is 0 Å². The Bertz CT molecular complexity index is 1210. The lowest BCUT2D eigenvalue weighted by atomic mass is 10.2. The molecule has 0 radical (unpaired) electrons. The highest BCUT2D eigenvalue weighted by Crippen LogP contribution is 2.32. The third-order valence-electron chi connectivity index (χ3n) is 4.47. The van der Waals surface area contributed by atoms with Crippen molar-refractivity contribution in [3.8, 4) is 23.0 Å². The quantitative estimate of drug-likeness (QED) is 0.238. The second kappa shape index (κ2) is 9.52. The number of nitrogens with one attached hydrogen (secondary N) is 1. The number of ether oxygens (including phenoxy) is 4. The maximum atomic E-state index is 12.4. The maximum absolute atomic E-state index is 12.4. The number of nitrogens with zero attached hydrogens (tertiary/aromatic N) is 1. The number of rotatable bonds is 6. The molecule has 0 spiro atoms. The van der Waals surface area contributed by atoms with E-state index in [4.69, 9.17) is 18.9 Å². The highest BCUT2D eigenvalue weighted by molar-refractivity contribution is 9.10. The molecule has 1 aliphatic heterocycles. The maximum Gasteiger partial charge on any atom is 0.343 e. The number of fused-ring (bicyclic) bond motifs is 1. The number of hydrogen-bond donors (Lipinski definition) is 1. The summed E-state index contributed by atoms with van der Waals surface area (Å²) in [6.07, 6.45) is 1.45. The van der Waals surface area contributed by atoms with E-state index in [2.05, 4.69) is 26.5 Å². The van der Waals surface area contributed by atoms with E-state index in [1.807, 2.05) is 6.07 Å². The molecule has 9 heteroatoms. The van der Waals surface area contributed by atoms with E-state index in [1.54, 1.807) is 54.6 Å². The molecule has 4 rings (SSSR count). The summed E-state index contributed by atoms with van der Waals surface area (Å²) in [4.78, 5) is 24.7. The van der Waals surface area contributed by atoms with Gasteiger partial charge in [0.15, 0.2) is 23.0 Å². The van der Waals surface area contributed by atoms with Crippen LogP contribution in [-0.4, -0.2) is 32.0 Å². The van der Waals surface area contributed by atoms with Crippen LogP contribution >= 0.6 is 15.9 Å². The average molecular weight is 497 g/mol. The van der Waals surface area contributed by atoms with Gasteiger partial charge in [-0.25, -0.2) is 10.2 Å². The number of benzene rings is 3. The number of esters is 1. The van der Waals surface area contributed by atoms with Crippen LogP contribution in [0.2, 0.25) is 0 Å². The van der Waals surface area contributed by atoms with Gasteiger partial charge < -0.3 is 18.9 Å². The molecule has 32 heavy (non-hydrogen) atoms. The van der Waals surface area contributed by atoms with E-state index in [9.17, 15) is 9.59 Å². The molecule has 0 aromatic heterocycles. The largest absolute Gasteiger partial charge is 0.493 e. The molecule has 0 aliphatic carbocycles. The van der Waals surface area contributed by atoms with E-state index in [0.717, 1.165) is 4.47 Å². The highest BCUT2D eigenvalue weighted by atomic mass is 79.9. The zero-order valence-electron chi connectivity index (χ0n) is 16.8. The topological polar surface area (TPSA) is 95.5 Å². The zero-order chi connectivity index (χ0) is 22.5. The van der Waals surface area contributed by atoms with Gasteiger partial charge in [0, 0.05) is 10.0 Å². The lowest BCUT2D eigenvalue weighted by Gasteiger charge is -2.10. The van der Waals surface area contributed by atoms with Crippen molar-refractivity contribution in [1.82, 2.24) is 5.43 Å². The van der Waals surface area contributed by atoms with Crippen molar-refractivity contribution in [2.24, 2.45) is 5.10 Å². The summed E-state index contributed by atoms with van der Waals surface area (Å²) in [6, 6.07) is 16.7. The van der Waals surface area contributed by atoms with Crippen molar-refractivity contribution in [1.29, 1.82) is 0 Å². The number of carbonyl (C=O) groups is 2. The van der Waals surface area contributed by atoms with Crippen molar-refractivity contribution >= 4 is 34.0 Å². The molecule has 1 aliphatic rings. The van der Waals surface area contributed by atoms with Gasteiger partial charge in [-0.1, -0.05) is 22.0 Å². The fraction of sp³-hybridized carbons (Fsp3) is 0.0870. The van der Waals surface area contributed by atoms with E-state index >= 15 is 0 Å². The van der Waals surface area contributed by atoms with Crippen LogP contribution < -0.4 is 24.4 Å². The van der Waals surface area contributed by atoms with Gasteiger partial charge in [-0.05, 0) is 60.2 Å². The number of hydrogen-bond acceptors (Lipinski definition) is 7. The summed E-state index contributed by atoms with van der Waals surface area (Å²) in [7, 11) is 1.47. The van der Waals surface area contributed by atoms with Crippen LogP contribution in [0.3, 0.4) is 0 Å². The Morgan fingerprint density at radius 3 is 2.66 bits per heavy atom. The van der Waals surface area contributed by atoms with Crippen LogP contribution in [0.1, 0.15) is 26.3 Å². The molecule has 0 unspecified atom stereocenters. The summed E-state index contributed by atoms with van der Waals surface area (Å²) in [5, 5.41) is 3.97. The molecule has 0 saturated carbocycles. The van der Waals surface area contributed by atoms with Crippen LogP contribution in [0.4, 0.5) is 0 Å². The molecule has 1 amide bonds. The van der Waals surface area contributed by atoms with E-state index in [-0.39, 0.29) is 12.5 Å². The van der Waals surface area contributed by atoms with E-state index in [0.29, 0.717) is 33.9 Å². The van der Waals surface area contributed by atoms with Gasteiger partial charge in [-0.3, -0.25) is 4.79 Å². The normalized spacial score (nSPS) is 11.9. The smallest absolute Gasteiger partial charge is 0.343 e. The van der Waals surface area contributed by atoms with Gasteiger partial charge in [0.2, 0.25) is 6.79 Å². The number of carbonyl (C=O) groups excluding carboxylic acids is 2. The first-order chi connectivity index (χ1) is 15.5. The van der Waals surface area contributed by atoms with Gasteiger partial charge in [-0.2, -0.15) is 5.10 Å². The molecule has 8 nitrogen and oxygen atoms in total. The average Bonchev–Trinajstić information content (AvgIpc) is 3.27. The summed E-state index contributed by atoms with van der Waals surface area (Å²) in [5.41, 5.74) is 3.88. The second-order valence-electron chi connectivity index (χ2n) is 6.58. The molecule has 0 bridgehead atoms. The minimum Gasteiger partial charge on any atom is -0.493 e. The van der Waals surface area contributed by atoms with Gasteiger partial charge in [0.05, 0.1) is 18.9 Å². The van der Waals surface area contributed by atoms with Crippen LogP contribution in [0.5, 0.6) is 23.0 Å². The summed E-state index contributed by atoms with van der Waals surface area (Å²) < 4.78 is 22.0. The summed E-state index contributed by atoms with van der Waals surface area (Å²) in [5.74, 6) is 0.809. The molecule has 0 fully saturated rings. The van der Waals surface area contributed by atoms with Crippen molar-refractivity contribution < 1.29 is 28.5 Å². The molecule has 1 heterocycles. The molecule has 3 aromatic carbocycles. The molecule has 3 aromatic rings. The Hall–Kier alpha value is -3.85. The molecule has 0 atom stereocenters. The minimum absolute atomic E-state index is 0.134. The number of halogens is 1. The predicted octanol–water partition coefficient (Wildman–Crippen LogP) is 4.17. The summed E-state index contributed by atoms with van der Waals surface area (Å²) in [6.45, 7) is 0.134. The Morgan fingerprint density at radius 2 is 1.84 bits per heavy atom. The first kappa shape index (κ1) is 21.4. The number of methoxy groups -OCH3 is 1. The lowest BCUT2D eigenvalue weighted by Crippen LogP contribution is -2.17. The fourth-order valence-corrected chi connectivity index (χ4v) is 3.29. The zero-order valence-corrected chi connectivity index (χ0v) is 18.4. The van der Waals surface area contributed by atoms with Crippen molar-refractivity contribution in [2.75, 3.05) is 13.9 Å². The Balaban J connectivity index is 1.41. The first-order valence-electron chi connectivity index (χ1n) is 9.42. The second-order valence-corrected chi connectivity index (χ2v) is 7.49. The first-order valence-corrected chi connectivity index (χ1v) is 10.2. The van der Waals surface area contributed by atoms with E-state index in [1.165, 1.54) is 13.3 Å². The molecule has 0 saturated heterocycles. The molecular weight excluding hydrogens is 480 g/mol. The minimum atomic E-state index is -0.512. The lowest BCUT2D eigenvalue weighted by molar-refractivity contribution is 0.0729. The van der Waals surface area contributed by atoms with E-state index < -0.39 is 11.9 Å². The third kappa shape index (κ3) is 4.89. The van der Waals surface area contributed by atoms with Crippen LogP contribution in [-0.2, 0) is 0 Å². The van der Waals surface area contributed by atoms with Crippen molar-refractivity contribution in [3.05, 3.63) is 81.8 Å². The standard InChI is InChI=1S/C23H17BrN2O6/c1-29-20-9-14(5-7-19(20)32-23(28)16-3-2-4-17(24)10-16)12-25-26-22(27)15-6-8-18-21(11-15)31-13-30-18/h2-12H,13H2,1H3,(H,26,27)/b25-12+. The van der Waals surface area contributed by atoms with Crippen LogP contribution in [0.15, 0.2) is 70.2 Å². The van der Waals surface area contributed by atoms with Crippen LogP contribution in [0.25, 0.3) is 0 Å². The molecule has 1 N–H and O–H groups in total. The van der Waals surface area contributed by atoms with Gasteiger partial charge in [0.25, 0.3) is 5.91 Å².